The number of thioether (sulfide) groups is 1. The average molecular weight is 363 g/mol. The van der Waals surface area contributed by atoms with Crippen LogP contribution in [0, 0.1) is 0 Å². The first kappa shape index (κ1) is 16.3. The van der Waals surface area contributed by atoms with Gasteiger partial charge in [0.1, 0.15) is 0 Å². The van der Waals surface area contributed by atoms with Gasteiger partial charge >= 0.3 is 0 Å². The van der Waals surface area contributed by atoms with Crippen molar-refractivity contribution in [2.24, 2.45) is 0 Å². The summed E-state index contributed by atoms with van der Waals surface area (Å²) in [7, 11) is 0. The van der Waals surface area contributed by atoms with Crippen LogP contribution in [0.3, 0.4) is 0 Å². The summed E-state index contributed by atoms with van der Waals surface area (Å²) in [5.41, 5.74) is 1.98. The van der Waals surface area contributed by atoms with E-state index in [1.54, 1.807) is 11.3 Å². The van der Waals surface area contributed by atoms with E-state index in [-0.39, 0.29) is 11.9 Å². The summed E-state index contributed by atoms with van der Waals surface area (Å²) in [4.78, 5) is 16.6. The number of fused-ring (bicyclic) bond motifs is 1. The minimum Gasteiger partial charge on any atom is -0.349 e. The first-order valence-corrected chi connectivity index (χ1v) is 9.33. The monoisotopic (exact) mass is 362 g/mol. The number of hydrogen-bond acceptors (Lipinski definition) is 4. The molecule has 1 N–H and O–H groups in total. The summed E-state index contributed by atoms with van der Waals surface area (Å²) in [6, 6.07) is 15.6. The van der Waals surface area contributed by atoms with Gasteiger partial charge in [0.2, 0.25) is 5.91 Å². The molecule has 3 nitrogen and oxygen atoms in total. The summed E-state index contributed by atoms with van der Waals surface area (Å²) in [5, 5.41) is 3.68. The Morgan fingerprint density at radius 2 is 2.09 bits per heavy atom. The Bertz CT molecular complexity index is 820. The molecule has 0 spiro atoms. The van der Waals surface area contributed by atoms with Crippen molar-refractivity contribution in [2.45, 2.75) is 17.3 Å². The molecule has 1 aromatic heterocycles. The topological polar surface area (TPSA) is 42.0 Å². The number of nitrogens with zero attached hydrogens (tertiary/aromatic N) is 1. The van der Waals surface area contributed by atoms with Crippen molar-refractivity contribution >= 4 is 50.8 Å². The zero-order valence-corrected chi connectivity index (χ0v) is 14.8. The van der Waals surface area contributed by atoms with Gasteiger partial charge in [-0.3, -0.25) is 4.79 Å². The number of amides is 1. The molecule has 3 rings (SSSR count). The van der Waals surface area contributed by atoms with E-state index in [0.717, 1.165) is 20.1 Å². The maximum Gasteiger partial charge on any atom is 0.230 e. The number of nitrogens with one attached hydrogen (secondary N) is 1. The Labute approximate surface area is 148 Å². The molecule has 0 saturated heterocycles. The van der Waals surface area contributed by atoms with Crippen molar-refractivity contribution in [3.05, 3.63) is 59.1 Å². The summed E-state index contributed by atoms with van der Waals surface area (Å²) in [6.45, 7) is 1.98. The minimum absolute atomic E-state index is 0.00141. The molecule has 1 amide bonds. The van der Waals surface area contributed by atoms with E-state index in [0.29, 0.717) is 10.8 Å². The lowest BCUT2D eigenvalue weighted by Gasteiger charge is -2.13. The van der Waals surface area contributed by atoms with Crippen molar-refractivity contribution in [3.8, 4) is 0 Å². The Morgan fingerprint density at radius 3 is 2.87 bits per heavy atom. The lowest BCUT2D eigenvalue weighted by molar-refractivity contribution is -0.119. The number of carbonyl (C=O) groups is 1. The van der Waals surface area contributed by atoms with Gasteiger partial charge in [0.25, 0.3) is 0 Å². The van der Waals surface area contributed by atoms with Crippen LogP contribution in [0.2, 0.25) is 5.02 Å². The molecule has 23 heavy (non-hydrogen) atoms. The predicted octanol–water partition coefficient (Wildman–Crippen LogP) is 4.92. The van der Waals surface area contributed by atoms with E-state index in [1.807, 2.05) is 55.5 Å². The molecule has 0 saturated carbocycles. The Kier molecular flexibility index (Phi) is 5.20. The van der Waals surface area contributed by atoms with E-state index in [1.165, 1.54) is 11.8 Å². The van der Waals surface area contributed by atoms with Crippen LogP contribution in [0.5, 0.6) is 0 Å². The fourth-order valence-corrected chi connectivity index (χ4v) is 4.20. The summed E-state index contributed by atoms with van der Waals surface area (Å²) >= 11 is 8.99. The molecule has 1 atom stereocenters. The SMILES string of the molecule is CC(NC(=O)CSc1nc2cc(Cl)ccc2s1)c1ccccc1. The predicted molar refractivity (Wildman–Crippen MR) is 98.4 cm³/mol. The van der Waals surface area contributed by atoms with Crippen molar-refractivity contribution in [1.29, 1.82) is 0 Å². The third kappa shape index (κ3) is 4.25. The van der Waals surface area contributed by atoms with Crippen LogP contribution >= 0.6 is 34.7 Å². The molecule has 0 bridgehead atoms. The van der Waals surface area contributed by atoms with Crippen LogP contribution in [0.1, 0.15) is 18.5 Å². The summed E-state index contributed by atoms with van der Waals surface area (Å²) < 4.78 is 1.96. The molecule has 0 aliphatic heterocycles. The van der Waals surface area contributed by atoms with Crippen LogP contribution in [0.4, 0.5) is 0 Å². The minimum atomic E-state index is -0.00141. The van der Waals surface area contributed by atoms with Crippen LogP contribution in [0.15, 0.2) is 52.9 Å². The zero-order chi connectivity index (χ0) is 16.2. The van der Waals surface area contributed by atoms with Crippen molar-refractivity contribution in [2.75, 3.05) is 5.75 Å². The number of rotatable bonds is 5. The van der Waals surface area contributed by atoms with Gasteiger partial charge in [0, 0.05) is 5.02 Å². The Hall–Kier alpha value is -1.56. The Balaban J connectivity index is 1.57. The highest BCUT2D eigenvalue weighted by Gasteiger charge is 2.11. The number of aromatic nitrogens is 1. The summed E-state index contributed by atoms with van der Waals surface area (Å²) in [6.07, 6.45) is 0. The molecule has 2 aromatic carbocycles. The van der Waals surface area contributed by atoms with Gasteiger partial charge in [-0.25, -0.2) is 4.98 Å². The van der Waals surface area contributed by atoms with Crippen molar-refractivity contribution in [1.82, 2.24) is 10.3 Å². The third-order valence-electron chi connectivity index (χ3n) is 3.33. The second-order valence-electron chi connectivity index (χ2n) is 5.08. The first-order valence-electron chi connectivity index (χ1n) is 7.15. The fourth-order valence-electron chi connectivity index (χ4n) is 2.18. The molecule has 1 unspecified atom stereocenters. The van der Waals surface area contributed by atoms with E-state index >= 15 is 0 Å². The van der Waals surface area contributed by atoms with Gasteiger partial charge in [-0.05, 0) is 30.7 Å². The lowest BCUT2D eigenvalue weighted by atomic mass is 10.1. The first-order chi connectivity index (χ1) is 11.1. The number of carbonyl (C=O) groups excluding carboxylic acids is 1. The maximum atomic E-state index is 12.1. The quantitative estimate of drug-likeness (QED) is 0.655. The maximum absolute atomic E-state index is 12.1. The van der Waals surface area contributed by atoms with Crippen molar-refractivity contribution < 1.29 is 4.79 Å². The fraction of sp³-hybridized carbons (Fsp3) is 0.176. The van der Waals surface area contributed by atoms with Crippen molar-refractivity contribution in [3.63, 3.8) is 0 Å². The second kappa shape index (κ2) is 7.34. The van der Waals surface area contributed by atoms with E-state index in [9.17, 15) is 4.79 Å². The second-order valence-corrected chi connectivity index (χ2v) is 7.77. The molecule has 0 radical (unpaired) electrons. The molecule has 0 aliphatic carbocycles. The lowest BCUT2D eigenvalue weighted by Crippen LogP contribution is -2.28. The highest BCUT2D eigenvalue weighted by Crippen LogP contribution is 2.30. The highest BCUT2D eigenvalue weighted by atomic mass is 35.5. The molecule has 1 heterocycles. The van der Waals surface area contributed by atoms with Crippen LogP contribution in [-0.4, -0.2) is 16.6 Å². The molecule has 0 aliphatic rings. The third-order valence-corrected chi connectivity index (χ3v) is 5.75. The molecular weight excluding hydrogens is 348 g/mol. The van der Waals surface area contributed by atoms with Gasteiger partial charge < -0.3 is 5.32 Å². The van der Waals surface area contributed by atoms with Gasteiger partial charge in [-0.15, -0.1) is 11.3 Å². The van der Waals surface area contributed by atoms with E-state index < -0.39 is 0 Å². The highest BCUT2D eigenvalue weighted by molar-refractivity contribution is 8.01. The van der Waals surface area contributed by atoms with Gasteiger partial charge in [-0.1, -0.05) is 53.7 Å². The number of thiazole rings is 1. The van der Waals surface area contributed by atoms with Gasteiger partial charge in [0.05, 0.1) is 22.0 Å². The smallest absolute Gasteiger partial charge is 0.230 e. The van der Waals surface area contributed by atoms with Crippen LogP contribution in [0.25, 0.3) is 10.2 Å². The normalized spacial score (nSPS) is 12.3. The standard InChI is InChI=1S/C17H15ClN2OS2/c1-11(12-5-3-2-4-6-12)19-16(21)10-22-17-20-14-9-13(18)7-8-15(14)23-17/h2-9,11H,10H2,1H3,(H,19,21). The van der Waals surface area contributed by atoms with Crippen LogP contribution < -0.4 is 5.32 Å². The Morgan fingerprint density at radius 1 is 1.30 bits per heavy atom. The molecular formula is C17H15ClN2OS2. The number of benzene rings is 2. The summed E-state index contributed by atoms with van der Waals surface area (Å²) in [5.74, 6) is 0.355. The van der Waals surface area contributed by atoms with Crippen LogP contribution in [-0.2, 0) is 4.79 Å². The van der Waals surface area contributed by atoms with Gasteiger partial charge in [0.15, 0.2) is 4.34 Å². The number of hydrogen-bond donors (Lipinski definition) is 1. The molecule has 3 aromatic rings. The zero-order valence-electron chi connectivity index (χ0n) is 12.5. The van der Waals surface area contributed by atoms with E-state index in [2.05, 4.69) is 10.3 Å². The van der Waals surface area contributed by atoms with E-state index in [4.69, 9.17) is 11.6 Å². The molecule has 6 heteroatoms. The molecule has 118 valence electrons. The largest absolute Gasteiger partial charge is 0.349 e. The average Bonchev–Trinajstić information content (AvgIpc) is 2.95. The molecule has 0 fully saturated rings. The number of halogens is 1. The van der Waals surface area contributed by atoms with Gasteiger partial charge in [-0.2, -0.15) is 0 Å².